The van der Waals surface area contributed by atoms with Crippen LogP contribution in [0.15, 0.2) is 34.9 Å². The topological polar surface area (TPSA) is 83.7 Å². The molecule has 1 aliphatic carbocycles. The van der Waals surface area contributed by atoms with Crippen molar-refractivity contribution in [2.75, 3.05) is 0 Å². The molecule has 2 aliphatic rings. The van der Waals surface area contributed by atoms with E-state index in [0.717, 1.165) is 35.5 Å². The van der Waals surface area contributed by atoms with Gasteiger partial charge in [0.2, 0.25) is 5.89 Å². The van der Waals surface area contributed by atoms with Gasteiger partial charge in [0.25, 0.3) is 0 Å². The van der Waals surface area contributed by atoms with E-state index in [9.17, 15) is 14.4 Å². The molecule has 4 rings (SSSR count). The number of amides is 4. The molecule has 134 valence electrons. The summed E-state index contributed by atoms with van der Waals surface area (Å²) in [5.74, 6) is -1.23. The minimum absolute atomic E-state index is 0.101. The molecule has 7 nitrogen and oxygen atoms in total. The van der Waals surface area contributed by atoms with Crippen molar-refractivity contribution in [1.82, 2.24) is 14.8 Å². The first-order chi connectivity index (χ1) is 12.5. The molecule has 26 heavy (non-hydrogen) atoms. The summed E-state index contributed by atoms with van der Waals surface area (Å²) in [7, 11) is 0. The molecule has 2 fully saturated rings. The summed E-state index contributed by atoms with van der Waals surface area (Å²) in [6, 6.07) is 6.25. The number of aromatic nitrogens is 1. The number of oxazole rings is 1. The average Bonchev–Trinajstić information content (AvgIpc) is 3.34. The maximum absolute atomic E-state index is 12.6. The Kier molecular flexibility index (Phi) is 4.24. The third-order valence-electron chi connectivity index (χ3n) is 4.72. The Balaban J connectivity index is 1.53. The smallest absolute Gasteiger partial charge is 0.334 e. The van der Waals surface area contributed by atoms with Crippen molar-refractivity contribution in [2.24, 2.45) is 0 Å². The molecule has 1 aliphatic heterocycles. The van der Waals surface area contributed by atoms with Gasteiger partial charge in [-0.25, -0.2) is 14.7 Å². The van der Waals surface area contributed by atoms with Gasteiger partial charge in [0, 0.05) is 16.6 Å². The van der Waals surface area contributed by atoms with Crippen LogP contribution in [0.4, 0.5) is 4.79 Å². The van der Waals surface area contributed by atoms with Gasteiger partial charge in [-0.1, -0.05) is 30.5 Å². The predicted molar refractivity (Wildman–Crippen MR) is 92.0 cm³/mol. The molecule has 0 spiro atoms. The number of rotatable bonds is 4. The molecule has 8 heteroatoms. The Hall–Kier alpha value is -2.67. The van der Waals surface area contributed by atoms with Crippen molar-refractivity contribution < 1.29 is 18.8 Å². The number of benzene rings is 1. The molecule has 1 saturated heterocycles. The highest BCUT2D eigenvalue weighted by Crippen LogP contribution is 2.29. The Morgan fingerprint density at radius 2 is 1.92 bits per heavy atom. The van der Waals surface area contributed by atoms with Crippen LogP contribution in [-0.4, -0.2) is 38.7 Å². The van der Waals surface area contributed by atoms with Crippen molar-refractivity contribution in [3.63, 3.8) is 0 Å². The van der Waals surface area contributed by atoms with Gasteiger partial charge >= 0.3 is 17.8 Å². The summed E-state index contributed by atoms with van der Waals surface area (Å²) in [5, 5.41) is 0.546. The van der Waals surface area contributed by atoms with E-state index in [1.54, 1.807) is 24.3 Å². The lowest BCUT2D eigenvalue weighted by Gasteiger charge is -2.20. The number of nitrogens with zero attached hydrogens (tertiary/aromatic N) is 3. The second-order valence-corrected chi connectivity index (χ2v) is 6.88. The third-order valence-corrected chi connectivity index (χ3v) is 4.95. The average molecular weight is 374 g/mol. The minimum Gasteiger partial charge on any atom is -0.444 e. The Morgan fingerprint density at radius 3 is 2.65 bits per heavy atom. The molecule has 0 atom stereocenters. The number of hydrogen-bond donors (Lipinski definition) is 0. The molecular formula is C18H16ClN3O4. The molecule has 0 radical (unpaired) electrons. The summed E-state index contributed by atoms with van der Waals surface area (Å²) >= 11 is 5.96. The molecule has 0 unspecified atom stereocenters. The number of carbonyl (C=O) groups is 3. The highest BCUT2D eigenvalue weighted by Gasteiger charge is 2.48. The summed E-state index contributed by atoms with van der Waals surface area (Å²) < 4.78 is 5.42. The number of carbonyl (C=O) groups excluding carboxylic acids is 3. The van der Waals surface area contributed by atoms with E-state index in [-0.39, 0.29) is 12.6 Å². The minimum atomic E-state index is -0.811. The van der Waals surface area contributed by atoms with Crippen molar-refractivity contribution in [1.29, 1.82) is 0 Å². The SMILES string of the molecule is O=C1C(=O)N(C2CCCC2)C(=O)N1Cc1coc(-c2cccc(Cl)c2)n1. The first-order valence-electron chi connectivity index (χ1n) is 8.44. The monoisotopic (exact) mass is 373 g/mol. The van der Waals surface area contributed by atoms with Gasteiger partial charge in [0.15, 0.2) is 0 Å². The summed E-state index contributed by atoms with van der Waals surface area (Å²) in [6.07, 6.45) is 4.80. The van der Waals surface area contributed by atoms with Crippen LogP contribution < -0.4 is 0 Å². The van der Waals surface area contributed by atoms with Gasteiger partial charge in [0.05, 0.1) is 12.2 Å². The Morgan fingerprint density at radius 1 is 1.15 bits per heavy atom. The lowest BCUT2D eigenvalue weighted by molar-refractivity contribution is -0.144. The predicted octanol–water partition coefficient (Wildman–Crippen LogP) is 3.23. The van der Waals surface area contributed by atoms with E-state index in [4.69, 9.17) is 16.0 Å². The zero-order valence-electron chi connectivity index (χ0n) is 13.9. The van der Waals surface area contributed by atoms with Gasteiger partial charge < -0.3 is 4.42 Å². The molecule has 4 amide bonds. The van der Waals surface area contributed by atoms with Crippen LogP contribution in [-0.2, 0) is 16.1 Å². The van der Waals surface area contributed by atoms with E-state index < -0.39 is 17.8 Å². The Labute approximate surface area is 154 Å². The van der Waals surface area contributed by atoms with Gasteiger partial charge in [-0.05, 0) is 31.0 Å². The van der Waals surface area contributed by atoms with E-state index in [1.807, 2.05) is 0 Å². The van der Waals surface area contributed by atoms with E-state index >= 15 is 0 Å². The second kappa shape index (κ2) is 6.57. The van der Waals surface area contributed by atoms with Crippen molar-refractivity contribution in [3.05, 3.63) is 41.2 Å². The first kappa shape index (κ1) is 16.8. The quantitative estimate of drug-likeness (QED) is 0.607. The Bertz CT molecular complexity index is 888. The molecule has 0 bridgehead atoms. The maximum atomic E-state index is 12.6. The van der Waals surface area contributed by atoms with Crippen molar-refractivity contribution >= 4 is 29.4 Å². The first-order valence-corrected chi connectivity index (χ1v) is 8.82. The van der Waals surface area contributed by atoms with Crippen molar-refractivity contribution in [2.45, 2.75) is 38.3 Å². The van der Waals surface area contributed by atoms with E-state index in [0.29, 0.717) is 22.2 Å². The lowest BCUT2D eigenvalue weighted by Crippen LogP contribution is -2.39. The van der Waals surface area contributed by atoms with Gasteiger partial charge in [-0.3, -0.25) is 14.5 Å². The highest BCUT2D eigenvalue weighted by molar-refractivity contribution is 6.44. The zero-order chi connectivity index (χ0) is 18.3. The number of hydrogen-bond acceptors (Lipinski definition) is 5. The van der Waals surface area contributed by atoms with Crippen LogP contribution in [0.25, 0.3) is 11.5 Å². The van der Waals surface area contributed by atoms with Crippen LogP contribution in [0.3, 0.4) is 0 Å². The summed E-state index contributed by atoms with van der Waals surface area (Å²) in [4.78, 5) is 43.4. The van der Waals surface area contributed by atoms with E-state index in [1.165, 1.54) is 6.26 Å². The third kappa shape index (κ3) is 2.88. The second-order valence-electron chi connectivity index (χ2n) is 6.44. The molecule has 1 aromatic heterocycles. The molecule has 2 aromatic rings. The number of urea groups is 1. The summed E-state index contributed by atoms with van der Waals surface area (Å²) in [5.41, 5.74) is 1.08. The fourth-order valence-corrected chi connectivity index (χ4v) is 3.63. The number of imide groups is 2. The van der Waals surface area contributed by atoms with Crippen LogP contribution >= 0.6 is 11.6 Å². The van der Waals surface area contributed by atoms with Crippen LogP contribution in [0.1, 0.15) is 31.4 Å². The summed E-state index contributed by atoms with van der Waals surface area (Å²) in [6.45, 7) is -0.101. The molecule has 1 aromatic carbocycles. The normalized spacial score (nSPS) is 18.4. The van der Waals surface area contributed by atoms with Crippen molar-refractivity contribution in [3.8, 4) is 11.5 Å². The van der Waals surface area contributed by atoms with Gasteiger partial charge in [-0.2, -0.15) is 0 Å². The fraction of sp³-hybridized carbons (Fsp3) is 0.333. The maximum Gasteiger partial charge on any atom is 0.334 e. The standard InChI is InChI=1S/C18H16ClN3O4/c19-12-5-3-4-11(8-12)15-20-13(10-26-15)9-21-16(23)17(24)22(18(21)25)14-6-1-2-7-14/h3-5,8,10,14H,1-2,6-7,9H2. The number of halogens is 1. The van der Waals surface area contributed by atoms with E-state index in [2.05, 4.69) is 4.98 Å². The zero-order valence-corrected chi connectivity index (χ0v) is 14.6. The largest absolute Gasteiger partial charge is 0.444 e. The van der Waals surface area contributed by atoms with Gasteiger partial charge in [-0.15, -0.1) is 0 Å². The molecule has 1 saturated carbocycles. The lowest BCUT2D eigenvalue weighted by atomic mass is 10.2. The highest BCUT2D eigenvalue weighted by atomic mass is 35.5. The van der Waals surface area contributed by atoms with Crippen LogP contribution in [0.5, 0.6) is 0 Å². The molecular weight excluding hydrogens is 358 g/mol. The van der Waals surface area contributed by atoms with Crippen LogP contribution in [0, 0.1) is 0 Å². The fourth-order valence-electron chi connectivity index (χ4n) is 3.44. The molecule has 0 N–H and O–H groups in total. The molecule has 2 heterocycles. The van der Waals surface area contributed by atoms with Crippen LogP contribution in [0.2, 0.25) is 5.02 Å². The van der Waals surface area contributed by atoms with Gasteiger partial charge in [0.1, 0.15) is 6.26 Å².